The van der Waals surface area contributed by atoms with Crippen LogP contribution >= 0.6 is 11.6 Å². The summed E-state index contributed by atoms with van der Waals surface area (Å²) in [4.78, 5) is 11.8. The van der Waals surface area contributed by atoms with Crippen molar-refractivity contribution in [3.05, 3.63) is 34.9 Å². The molecule has 0 aromatic heterocycles. The second-order valence-corrected chi connectivity index (χ2v) is 5.58. The molecule has 18 heavy (non-hydrogen) atoms. The lowest BCUT2D eigenvalue weighted by Gasteiger charge is -2.23. The molecule has 0 heterocycles. The molecule has 1 aromatic carbocycles. The van der Waals surface area contributed by atoms with Gasteiger partial charge in [-0.05, 0) is 37.3 Å². The Balaban J connectivity index is 1.84. The number of rotatable bonds is 5. The first-order valence-corrected chi connectivity index (χ1v) is 6.59. The molecule has 0 spiro atoms. The number of carbonyl (C=O) groups excluding carboxylic acids is 1. The van der Waals surface area contributed by atoms with E-state index in [1.54, 1.807) is 13.0 Å². The monoisotopic (exact) mass is 267 g/mol. The summed E-state index contributed by atoms with van der Waals surface area (Å²) in [6, 6.07) is 7.29. The SMILES string of the molecule is C[C@@](O)(CNC(=O)Cc1ccccc1Cl)C1CC1. The number of hydrogen-bond acceptors (Lipinski definition) is 2. The van der Waals surface area contributed by atoms with E-state index >= 15 is 0 Å². The summed E-state index contributed by atoms with van der Waals surface area (Å²) < 4.78 is 0. The smallest absolute Gasteiger partial charge is 0.224 e. The lowest BCUT2D eigenvalue weighted by molar-refractivity contribution is -0.121. The zero-order valence-corrected chi connectivity index (χ0v) is 11.2. The predicted molar refractivity (Wildman–Crippen MR) is 71.5 cm³/mol. The molecule has 1 aliphatic carbocycles. The van der Waals surface area contributed by atoms with Crippen LogP contribution in [-0.2, 0) is 11.2 Å². The summed E-state index contributed by atoms with van der Waals surface area (Å²) >= 11 is 5.99. The first-order chi connectivity index (χ1) is 8.49. The van der Waals surface area contributed by atoms with Crippen LogP contribution in [0.3, 0.4) is 0 Å². The molecule has 0 bridgehead atoms. The predicted octanol–water partition coefficient (Wildman–Crippen LogP) is 2.16. The molecule has 1 aromatic rings. The summed E-state index contributed by atoms with van der Waals surface area (Å²) in [5.74, 6) is 0.224. The lowest BCUT2D eigenvalue weighted by atomic mass is 10.0. The molecule has 0 saturated heterocycles. The van der Waals surface area contributed by atoms with Gasteiger partial charge in [-0.3, -0.25) is 4.79 Å². The average molecular weight is 268 g/mol. The molecule has 0 radical (unpaired) electrons. The standard InChI is InChI=1S/C14H18ClNO2/c1-14(18,11-6-7-11)9-16-13(17)8-10-4-2-3-5-12(10)15/h2-5,11,18H,6-9H2,1H3,(H,16,17)/t14-/m1/s1. The van der Waals surface area contributed by atoms with Gasteiger partial charge in [0.05, 0.1) is 12.0 Å². The molecule has 0 aliphatic heterocycles. The summed E-state index contributed by atoms with van der Waals surface area (Å²) in [5.41, 5.74) is 0.0265. The number of nitrogens with one attached hydrogen (secondary N) is 1. The van der Waals surface area contributed by atoms with Gasteiger partial charge >= 0.3 is 0 Å². The number of carbonyl (C=O) groups is 1. The molecule has 2 rings (SSSR count). The Kier molecular flexibility index (Phi) is 3.93. The second-order valence-electron chi connectivity index (χ2n) is 5.18. The highest BCUT2D eigenvalue weighted by Crippen LogP contribution is 2.38. The highest BCUT2D eigenvalue weighted by atomic mass is 35.5. The minimum Gasteiger partial charge on any atom is -0.388 e. The molecular formula is C14H18ClNO2. The van der Waals surface area contributed by atoms with Crippen molar-refractivity contribution in [3.8, 4) is 0 Å². The van der Waals surface area contributed by atoms with Gasteiger partial charge in [-0.1, -0.05) is 29.8 Å². The van der Waals surface area contributed by atoms with Gasteiger partial charge in [0.1, 0.15) is 0 Å². The van der Waals surface area contributed by atoms with Crippen LogP contribution in [0.1, 0.15) is 25.3 Å². The highest BCUT2D eigenvalue weighted by Gasteiger charge is 2.39. The van der Waals surface area contributed by atoms with Gasteiger partial charge in [-0.15, -0.1) is 0 Å². The van der Waals surface area contributed by atoms with Crippen LogP contribution in [0.4, 0.5) is 0 Å². The maximum Gasteiger partial charge on any atom is 0.224 e. The third-order valence-electron chi connectivity index (χ3n) is 3.41. The molecule has 1 fully saturated rings. The Morgan fingerprint density at radius 1 is 1.50 bits per heavy atom. The van der Waals surface area contributed by atoms with Crippen molar-refractivity contribution in [3.63, 3.8) is 0 Å². The third kappa shape index (κ3) is 3.47. The van der Waals surface area contributed by atoms with E-state index in [1.165, 1.54) is 0 Å². The number of benzene rings is 1. The third-order valence-corrected chi connectivity index (χ3v) is 3.78. The van der Waals surface area contributed by atoms with E-state index in [9.17, 15) is 9.90 Å². The van der Waals surface area contributed by atoms with E-state index in [4.69, 9.17) is 11.6 Å². The summed E-state index contributed by atoms with van der Waals surface area (Å²) in [6.07, 6.45) is 2.35. The fourth-order valence-corrected chi connectivity index (χ4v) is 2.21. The van der Waals surface area contributed by atoms with Gasteiger partial charge in [-0.2, -0.15) is 0 Å². The summed E-state index contributed by atoms with van der Waals surface area (Å²) in [6.45, 7) is 2.08. The van der Waals surface area contributed by atoms with Gasteiger partial charge in [0, 0.05) is 11.6 Å². The lowest BCUT2D eigenvalue weighted by Crippen LogP contribution is -2.42. The van der Waals surface area contributed by atoms with Crippen molar-refractivity contribution in [2.24, 2.45) is 5.92 Å². The Bertz CT molecular complexity index is 441. The number of halogens is 1. The number of hydrogen-bond donors (Lipinski definition) is 2. The summed E-state index contributed by atoms with van der Waals surface area (Å²) in [5, 5.41) is 13.5. The summed E-state index contributed by atoms with van der Waals surface area (Å²) in [7, 11) is 0. The molecule has 1 saturated carbocycles. The zero-order valence-electron chi connectivity index (χ0n) is 10.4. The van der Waals surface area contributed by atoms with E-state index < -0.39 is 5.60 Å². The molecule has 1 atom stereocenters. The minimum absolute atomic E-state index is 0.107. The first-order valence-electron chi connectivity index (χ1n) is 6.21. The van der Waals surface area contributed by atoms with Crippen molar-refractivity contribution in [2.45, 2.75) is 31.8 Å². The Morgan fingerprint density at radius 2 is 2.17 bits per heavy atom. The second kappa shape index (κ2) is 5.29. The van der Waals surface area contributed by atoms with Crippen molar-refractivity contribution in [1.82, 2.24) is 5.32 Å². The van der Waals surface area contributed by atoms with E-state index in [0.717, 1.165) is 18.4 Å². The normalized spacial score (nSPS) is 18.2. The fraction of sp³-hybridized carbons (Fsp3) is 0.500. The van der Waals surface area contributed by atoms with Crippen molar-refractivity contribution >= 4 is 17.5 Å². The van der Waals surface area contributed by atoms with Crippen LogP contribution in [0.2, 0.25) is 5.02 Å². The largest absolute Gasteiger partial charge is 0.388 e. The van der Waals surface area contributed by atoms with Crippen LogP contribution in [0.5, 0.6) is 0 Å². The van der Waals surface area contributed by atoms with Crippen molar-refractivity contribution in [2.75, 3.05) is 6.54 Å². The molecule has 3 nitrogen and oxygen atoms in total. The Labute approximate surface area is 112 Å². The molecular weight excluding hydrogens is 250 g/mol. The van der Waals surface area contributed by atoms with Crippen LogP contribution in [0.15, 0.2) is 24.3 Å². The highest BCUT2D eigenvalue weighted by molar-refractivity contribution is 6.31. The average Bonchev–Trinajstić information content (AvgIpc) is 3.14. The van der Waals surface area contributed by atoms with Crippen molar-refractivity contribution < 1.29 is 9.90 Å². The Morgan fingerprint density at radius 3 is 2.78 bits per heavy atom. The van der Waals surface area contributed by atoms with Crippen LogP contribution < -0.4 is 5.32 Å². The van der Waals surface area contributed by atoms with Crippen LogP contribution in [-0.4, -0.2) is 23.2 Å². The minimum atomic E-state index is -0.782. The van der Waals surface area contributed by atoms with E-state index in [0.29, 0.717) is 17.5 Å². The molecule has 2 N–H and O–H groups in total. The fourth-order valence-electron chi connectivity index (χ4n) is 2.00. The van der Waals surface area contributed by atoms with Gasteiger partial charge in [0.2, 0.25) is 5.91 Å². The Hall–Kier alpha value is -1.06. The molecule has 1 aliphatic rings. The van der Waals surface area contributed by atoms with E-state index in [1.807, 2.05) is 18.2 Å². The molecule has 0 unspecified atom stereocenters. The maximum atomic E-state index is 11.8. The van der Waals surface area contributed by atoms with Gasteiger partial charge in [0.15, 0.2) is 0 Å². The molecule has 98 valence electrons. The van der Waals surface area contributed by atoms with E-state index in [-0.39, 0.29) is 12.3 Å². The number of amides is 1. The van der Waals surface area contributed by atoms with E-state index in [2.05, 4.69) is 5.32 Å². The van der Waals surface area contributed by atoms with Gasteiger partial charge in [0.25, 0.3) is 0 Å². The zero-order chi connectivity index (χ0) is 13.2. The molecule has 1 amide bonds. The molecule has 4 heteroatoms. The topological polar surface area (TPSA) is 49.3 Å². The maximum absolute atomic E-state index is 11.8. The van der Waals surface area contributed by atoms with Gasteiger partial charge < -0.3 is 10.4 Å². The first kappa shape index (κ1) is 13.4. The number of aliphatic hydroxyl groups is 1. The van der Waals surface area contributed by atoms with Crippen LogP contribution in [0, 0.1) is 5.92 Å². The van der Waals surface area contributed by atoms with Crippen molar-refractivity contribution in [1.29, 1.82) is 0 Å². The quantitative estimate of drug-likeness (QED) is 0.859. The van der Waals surface area contributed by atoms with Gasteiger partial charge in [-0.25, -0.2) is 0 Å². The van der Waals surface area contributed by atoms with Crippen LogP contribution in [0.25, 0.3) is 0 Å².